The number of nitrogens with zero attached hydrogens (tertiary/aromatic N) is 2. The number of non-ortho nitro benzene ring substituents is 1. The van der Waals surface area contributed by atoms with Crippen molar-refractivity contribution in [1.29, 1.82) is 0 Å². The van der Waals surface area contributed by atoms with Gasteiger partial charge in [-0.1, -0.05) is 25.2 Å². The summed E-state index contributed by atoms with van der Waals surface area (Å²) in [6.45, 7) is 3.94. The Morgan fingerprint density at radius 3 is 2.75 bits per heavy atom. The minimum Gasteiger partial charge on any atom is -0.302 e. The first-order valence-electron chi connectivity index (χ1n) is 6.41. The lowest BCUT2D eigenvalue weighted by molar-refractivity contribution is -0.384. The van der Waals surface area contributed by atoms with E-state index in [1.165, 1.54) is 23.5 Å². The fraction of sp³-hybridized carbons (Fsp3) is 0.385. The number of rotatable bonds is 5. The van der Waals surface area contributed by atoms with Crippen LogP contribution in [0.3, 0.4) is 0 Å². The van der Waals surface area contributed by atoms with Gasteiger partial charge in [0.2, 0.25) is 5.91 Å². The van der Waals surface area contributed by atoms with Gasteiger partial charge in [0.1, 0.15) is 0 Å². The molecule has 6 nitrogen and oxygen atoms in total. The van der Waals surface area contributed by atoms with E-state index in [1.54, 1.807) is 6.07 Å². The lowest BCUT2D eigenvalue weighted by Gasteiger charge is -2.10. The second-order valence-corrected chi connectivity index (χ2v) is 5.46. The zero-order chi connectivity index (χ0) is 14.7. The highest BCUT2D eigenvalue weighted by Gasteiger charge is 2.16. The molecule has 106 valence electrons. The molecule has 0 radical (unpaired) electrons. The predicted octanol–water partition coefficient (Wildman–Crippen LogP) is 3.58. The maximum absolute atomic E-state index is 12.0. The molecule has 0 fully saturated rings. The van der Waals surface area contributed by atoms with Crippen LogP contribution < -0.4 is 5.32 Å². The van der Waals surface area contributed by atoms with Gasteiger partial charge in [-0.3, -0.25) is 14.9 Å². The molecule has 1 N–H and O–H groups in total. The number of nitrogens with one attached hydrogen (secondary N) is 1. The van der Waals surface area contributed by atoms with E-state index >= 15 is 0 Å². The van der Waals surface area contributed by atoms with Crippen molar-refractivity contribution in [3.63, 3.8) is 0 Å². The SMILES string of the molecule is CCC(CC)C(=O)Nc1nc2ccc([N+](=O)[O-])cc2s1. The third-order valence-corrected chi connectivity index (χ3v) is 4.10. The van der Waals surface area contributed by atoms with Crippen LogP contribution in [-0.4, -0.2) is 15.8 Å². The van der Waals surface area contributed by atoms with E-state index in [4.69, 9.17) is 0 Å². The number of hydrogen-bond donors (Lipinski definition) is 1. The van der Waals surface area contributed by atoms with Gasteiger partial charge in [0, 0.05) is 18.1 Å². The average molecular weight is 293 g/mol. The molecule has 0 unspecified atom stereocenters. The molecule has 0 aliphatic heterocycles. The summed E-state index contributed by atoms with van der Waals surface area (Å²) in [4.78, 5) is 26.5. The maximum atomic E-state index is 12.0. The second-order valence-electron chi connectivity index (χ2n) is 4.43. The van der Waals surface area contributed by atoms with E-state index in [0.29, 0.717) is 15.3 Å². The fourth-order valence-electron chi connectivity index (χ4n) is 1.95. The number of amides is 1. The third kappa shape index (κ3) is 2.93. The first kappa shape index (κ1) is 14.4. The summed E-state index contributed by atoms with van der Waals surface area (Å²) >= 11 is 1.25. The Balaban J connectivity index is 2.24. The second kappa shape index (κ2) is 5.96. The number of carbonyl (C=O) groups is 1. The van der Waals surface area contributed by atoms with Gasteiger partial charge in [-0.05, 0) is 18.9 Å². The predicted molar refractivity (Wildman–Crippen MR) is 79.0 cm³/mol. The highest BCUT2D eigenvalue weighted by molar-refractivity contribution is 7.22. The van der Waals surface area contributed by atoms with E-state index in [2.05, 4.69) is 10.3 Å². The Kier molecular flexibility index (Phi) is 4.29. The molecule has 0 bridgehead atoms. The summed E-state index contributed by atoms with van der Waals surface area (Å²) in [7, 11) is 0. The number of nitro benzene ring substituents is 1. The molecule has 20 heavy (non-hydrogen) atoms. The van der Waals surface area contributed by atoms with Crippen molar-refractivity contribution in [3.8, 4) is 0 Å². The quantitative estimate of drug-likeness (QED) is 0.674. The van der Waals surface area contributed by atoms with Crippen molar-refractivity contribution in [2.45, 2.75) is 26.7 Å². The molecule has 0 spiro atoms. The summed E-state index contributed by atoms with van der Waals surface area (Å²) in [5.74, 6) is -0.0834. The summed E-state index contributed by atoms with van der Waals surface area (Å²) in [6, 6.07) is 4.48. The molecule has 1 heterocycles. The van der Waals surface area contributed by atoms with Crippen LogP contribution in [0.4, 0.5) is 10.8 Å². The van der Waals surface area contributed by atoms with Crippen molar-refractivity contribution >= 4 is 38.3 Å². The van der Waals surface area contributed by atoms with Crippen LogP contribution in [0.5, 0.6) is 0 Å². The molecule has 1 aromatic carbocycles. The minimum atomic E-state index is -0.443. The van der Waals surface area contributed by atoms with E-state index in [-0.39, 0.29) is 17.5 Å². The molecular formula is C13H15N3O3S. The maximum Gasteiger partial charge on any atom is 0.270 e. The first-order chi connectivity index (χ1) is 9.55. The van der Waals surface area contributed by atoms with Gasteiger partial charge in [-0.2, -0.15) is 0 Å². The lowest BCUT2D eigenvalue weighted by atomic mass is 10.0. The first-order valence-corrected chi connectivity index (χ1v) is 7.22. The van der Waals surface area contributed by atoms with Crippen LogP contribution in [0.15, 0.2) is 18.2 Å². The molecule has 0 saturated heterocycles. The molecule has 0 aliphatic rings. The number of thiazole rings is 1. The van der Waals surface area contributed by atoms with Crippen LogP contribution in [0.25, 0.3) is 10.2 Å². The number of carbonyl (C=O) groups excluding carboxylic acids is 1. The third-order valence-electron chi connectivity index (χ3n) is 3.17. The van der Waals surface area contributed by atoms with Crippen LogP contribution in [0, 0.1) is 16.0 Å². The summed E-state index contributed by atoms with van der Waals surface area (Å²) in [5.41, 5.74) is 0.680. The van der Waals surface area contributed by atoms with Gasteiger partial charge >= 0.3 is 0 Å². The zero-order valence-electron chi connectivity index (χ0n) is 11.3. The summed E-state index contributed by atoms with van der Waals surface area (Å²) in [5, 5.41) is 14.0. The van der Waals surface area contributed by atoms with Crippen molar-refractivity contribution in [2.24, 2.45) is 5.92 Å². The zero-order valence-corrected chi connectivity index (χ0v) is 12.1. The van der Waals surface area contributed by atoms with E-state index in [1.807, 2.05) is 13.8 Å². The van der Waals surface area contributed by atoms with Gasteiger partial charge in [0.15, 0.2) is 5.13 Å². The summed E-state index contributed by atoms with van der Waals surface area (Å²) < 4.78 is 0.694. The number of aromatic nitrogens is 1. The minimum absolute atomic E-state index is 0.0269. The Morgan fingerprint density at radius 1 is 1.45 bits per heavy atom. The normalized spacial score (nSPS) is 10.9. The molecule has 0 aliphatic carbocycles. The Bertz CT molecular complexity index is 649. The Morgan fingerprint density at radius 2 is 2.15 bits per heavy atom. The molecular weight excluding hydrogens is 278 g/mol. The fourth-order valence-corrected chi connectivity index (χ4v) is 2.85. The number of fused-ring (bicyclic) bond motifs is 1. The van der Waals surface area contributed by atoms with Crippen molar-refractivity contribution in [3.05, 3.63) is 28.3 Å². The van der Waals surface area contributed by atoms with Gasteiger partial charge in [0.25, 0.3) is 5.69 Å². The van der Waals surface area contributed by atoms with Crippen LogP contribution in [0.2, 0.25) is 0 Å². The molecule has 2 aromatic rings. The largest absolute Gasteiger partial charge is 0.302 e. The average Bonchev–Trinajstić information content (AvgIpc) is 2.80. The van der Waals surface area contributed by atoms with E-state index < -0.39 is 4.92 Å². The molecule has 0 saturated carbocycles. The van der Waals surface area contributed by atoms with E-state index in [9.17, 15) is 14.9 Å². The molecule has 1 aromatic heterocycles. The number of hydrogen-bond acceptors (Lipinski definition) is 5. The standard InChI is InChI=1S/C13H15N3O3S/c1-3-8(4-2)12(17)15-13-14-10-6-5-9(16(18)19)7-11(10)20-13/h5-8H,3-4H2,1-2H3,(H,14,15,17). The van der Waals surface area contributed by atoms with Crippen molar-refractivity contribution in [1.82, 2.24) is 4.98 Å². The van der Waals surface area contributed by atoms with E-state index in [0.717, 1.165) is 12.8 Å². The molecule has 2 rings (SSSR count). The highest BCUT2D eigenvalue weighted by atomic mass is 32.1. The van der Waals surface area contributed by atoms with Gasteiger partial charge in [-0.15, -0.1) is 0 Å². The molecule has 1 amide bonds. The van der Waals surface area contributed by atoms with Crippen LogP contribution >= 0.6 is 11.3 Å². The summed E-state index contributed by atoms with van der Waals surface area (Å²) in [6.07, 6.45) is 1.55. The topological polar surface area (TPSA) is 85.1 Å². The molecule has 0 atom stereocenters. The Labute approximate surface area is 120 Å². The smallest absolute Gasteiger partial charge is 0.270 e. The van der Waals surface area contributed by atoms with Gasteiger partial charge in [0.05, 0.1) is 15.1 Å². The number of nitro groups is 1. The Hall–Kier alpha value is -2.02. The lowest BCUT2D eigenvalue weighted by Crippen LogP contribution is -2.21. The number of anilines is 1. The van der Waals surface area contributed by atoms with Crippen molar-refractivity contribution in [2.75, 3.05) is 5.32 Å². The highest BCUT2D eigenvalue weighted by Crippen LogP contribution is 2.29. The van der Waals surface area contributed by atoms with Crippen LogP contribution in [-0.2, 0) is 4.79 Å². The van der Waals surface area contributed by atoms with Gasteiger partial charge < -0.3 is 5.32 Å². The van der Waals surface area contributed by atoms with Crippen LogP contribution in [0.1, 0.15) is 26.7 Å². The van der Waals surface area contributed by atoms with Gasteiger partial charge in [-0.25, -0.2) is 4.98 Å². The van der Waals surface area contributed by atoms with Crippen molar-refractivity contribution < 1.29 is 9.72 Å². The monoisotopic (exact) mass is 293 g/mol. The number of benzene rings is 1. The molecule has 7 heteroatoms.